The van der Waals surface area contributed by atoms with Crippen LogP contribution in [0.2, 0.25) is 0 Å². The van der Waals surface area contributed by atoms with Crippen LogP contribution in [0.15, 0.2) is 66.2 Å². The van der Waals surface area contributed by atoms with Crippen molar-refractivity contribution in [2.75, 3.05) is 0 Å². The van der Waals surface area contributed by atoms with E-state index in [0.717, 1.165) is 6.42 Å². The predicted octanol–water partition coefficient (Wildman–Crippen LogP) is 8.58. The van der Waals surface area contributed by atoms with E-state index in [-0.39, 0.29) is 10.8 Å². The van der Waals surface area contributed by atoms with Gasteiger partial charge >= 0.3 is 0 Å². The fourth-order valence-corrected chi connectivity index (χ4v) is 4.39. The summed E-state index contributed by atoms with van der Waals surface area (Å²) in [4.78, 5) is 0. The molecule has 0 saturated heterocycles. The Hall–Kier alpha value is -2.60. The first-order valence-electron chi connectivity index (χ1n) is 11.1. The fourth-order valence-electron chi connectivity index (χ4n) is 4.39. The quantitative estimate of drug-likeness (QED) is 0.408. The van der Waals surface area contributed by atoms with Gasteiger partial charge in [0.2, 0.25) is 0 Å². The Bertz CT molecular complexity index is 1080. The summed E-state index contributed by atoms with van der Waals surface area (Å²) in [5.74, 6) is 0. The molecule has 0 atom stereocenters. The van der Waals surface area contributed by atoms with Crippen molar-refractivity contribution in [2.24, 2.45) is 0 Å². The molecule has 0 aromatic heterocycles. The smallest absolute Gasteiger partial charge is 0.00298 e. The van der Waals surface area contributed by atoms with Crippen molar-refractivity contribution in [1.29, 1.82) is 0 Å². The minimum Gasteiger partial charge on any atom is -0.0683 e. The van der Waals surface area contributed by atoms with E-state index in [4.69, 9.17) is 0 Å². The van der Waals surface area contributed by atoms with Crippen LogP contribution in [0.25, 0.3) is 28.3 Å². The monoisotopic (exact) mass is 394 g/mol. The summed E-state index contributed by atoms with van der Waals surface area (Å²) in [6, 6.07) is 22.8. The molecule has 0 fully saturated rings. The third-order valence-corrected chi connectivity index (χ3v) is 6.23. The topological polar surface area (TPSA) is 0 Å². The van der Waals surface area contributed by atoms with Gasteiger partial charge in [0.15, 0.2) is 0 Å². The van der Waals surface area contributed by atoms with Gasteiger partial charge in [-0.05, 0) is 68.7 Å². The number of rotatable bonds is 2. The third-order valence-electron chi connectivity index (χ3n) is 6.23. The zero-order valence-electron chi connectivity index (χ0n) is 19.6. The lowest BCUT2D eigenvalue weighted by Crippen LogP contribution is -2.16. The Morgan fingerprint density at radius 2 is 1.27 bits per heavy atom. The van der Waals surface area contributed by atoms with Crippen LogP contribution in [-0.2, 0) is 17.3 Å². The lowest BCUT2D eigenvalue weighted by Gasteiger charge is -2.27. The van der Waals surface area contributed by atoms with E-state index in [9.17, 15) is 0 Å². The van der Waals surface area contributed by atoms with Gasteiger partial charge in [-0.2, -0.15) is 0 Å². The van der Waals surface area contributed by atoms with E-state index in [0.29, 0.717) is 0 Å². The molecule has 0 unspecified atom stereocenters. The van der Waals surface area contributed by atoms with Crippen molar-refractivity contribution < 1.29 is 0 Å². The number of hydrogen-bond donors (Lipinski definition) is 0. The molecule has 0 amide bonds. The van der Waals surface area contributed by atoms with Gasteiger partial charge < -0.3 is 0 Å². The normalized spacial score (nSPS) is 13.9. The maximum Gasteiger partial charge on any atom is -0.00298 e. The Balaban J connectivity index is 2.07. The molecule has 3 aromatic rings. The standard InChI is InChI=1S/C30H34/c1-20-15-22-13-14-26(21-11-9-8-10-12-21)28(27(22)16-20)23-17-24(29(2,3)4)19-25(18-23)30(5,6)7/h8-14,16-19H,15H2,1-7H3. The molecule has 3 aromatic carbocycles. The minimum absolute atomic E-state index is 0.104. The maximum atomic E-state index is 2.43. The van der Waals surface area contributed by atoms with Crippen molar-refractivity contribution in [2.45, 2.75) is 65.7 Å². The Kier molecular flexibility index (Phi) is 5.01. The molecule has 1 aliphatic rings. The molecule has 0 spiro atoms. The predicted molar refractivity (Wildman–Crippen MR) is 132 cm³/mol. The maximum absolute atomic E-state index is 2.43. The zero-order valence-corrected chi connectivity index (χ0v) is 19.6. The van der Waals surface area contributed by atoms with E-state index in [1.165, 1.54) is 50.1 Å². The second kappa shape index (κ2) is 7.27. The highest BCUT2D eigenvalue weighted by Gasteiger charge is 2.24. The van der Waals surface area contributed by atoms with Crippen LogP contribution in [-0.4, -0.2) is 0 Å². The summed E-state index contributed by atoms with van der Waals surface area (Å²) in [6.07, 6.45) is 3.46. The van der Waals surface area contributed by atoms with E-state index in [2.05, 4.69) is 115 Å². The van der Waals surface area contributed by atoms with Crippen LogP contribution < -0.4 is 0 Å². The lowest BCUT2D eigenvalue weighted by atomic mass is 9.77. The molecule has 0 heteroatoms. The van der Waals surface area contributed by atoms with Crippen LogP contribution in [0.3, 0.4) is 0 Å². The van der Waals surface area contributed by atoms with Gasteiger partial charge in [0.1, 0.15) is 0 Å². The Labute approximate surface area is 182 Å². The Morgan fingerprint density at radius 1 is 0.667 bits per heavy atom. The van der Waals surface area contributed by atoms with Crippen LogP contribution in [0, 0.1) is 0 Å². The second-order valence-corrected chi connectivity index (χ2v) is 10.9. The van der Waals surface area contributed by atoms with Crippen LogP contribution in [0.1, 0.15) is 70.7 Å². The van der Waals surface area contributed by atoms with E-state index >= 15 is 0 Å². The van der Waals surface area contributed by atoms with Crippen molar-refractivity contribution in [3.8, 4) is 22.3 Å². The summed E-state index contributed by atoms with van der Waals surface area (Å²) in [6.45, 7) is 16.1. The highest BCUT2D eigenvalue weighted by molar-refractivity contribution is 5.92. The van der Waals surface area contributed by atoms with Gasteiger partial charge in [0.05, 0.1) is 0 Å². The van der Waals surface area contributed by atoms with Crippen molar-refractivity contribution >= 4 is 6.08 Å². The first-order chi connectivity index (χ1) is 14.0. The van der Waals surface area contributed by atoms with E-state index in [1.807, 2.05) is 0 Å². The molecule has 1 aliphatic carbocycles. The van der Waals surface area contributed by atoms with Crippen molar-refractivity contribution in [3.63, 3.8) is 0 Å². The SMILES string of the molecule is CC1=Cc2c(ccc(-c3ccccc3)c2-c2cc(C(C)(C)C)cc(C(C)(C)C)c2)C1. The van der Waals surface area contributed by atoms with E-state index in [1.54, 1.807) is 0 Å². The summed E-state index contributed by atoms with van der Waals surface area (Å²) in [5, 5.41) is 0. The van der Waals surface area contributed by atoms with Crippen molar-refractivity contribution in [3.05, 3.63) is 88.5 Å². The number of benzene rings is 3. The number of hydrogen-bond acceptors (Lipinski definition) is 0. The number of allylic oxidation sites excluding steroid dienone is 1. The van der Waals surface area contributed by atoms with Crippen LogP contribution in [0.5, 0.6) is 0 Å². The largest absolute Gasteiger partial charge is 0.0683 e. The molecule has 0 saturated carbocycles. The molecule has 0 aliphatic heterocycles. The first kappa shape index (κ1) is 20.7. The van der Waals surface area contributed by atoms with Gasteiger partial charge in [-0.25, -0.2) is 0 Å². The van der Waals surface area contributed by atoms with Gasteiger partial charge in [-0.3, -0.25) is 0 Å². The Morgan fingerprint density at radius 3 is 1.83 bits per heavy atom. The molecule has 4 rings (SSSR count). The molecule has 0 N–H and O–H groups in total. The summed E-state index contributed by atoms with van der Waals surface area (Å²) < 4.78 is 0. The third kappa shape index (κ3) is 3.88. The molecular weight excluding hydrogens is 360 g/mol. The highest BCUT2D eigenvalue weighted by atomic mass is 14.3. The van der Waals surface area contributed by atoms with Gasteiger partial charge in [-0.1, -0.05) is 114 Å². The summed E-state index contributed by atoms with van der Waals surface area (Å²) in [7, 11) is 0. The van der Waals surface area contributed by atoms with Gasteiger partial charge in [0.25, 0.3) is 0 Å². The minimum atomic E-state index is 0.104. The fraction of sp³-hybridized carbons (Fsp3) is 0.333. The molecule has 0 nitrogen and oxygen atoms in total. The average molecular weight is 395 g/mol. The van der Waals surface area contributed by atoms with E-state index < -0.39 is 0 Å². The molecule has 0 bridgehead atoms. The number of fused-ring (bicyclic) bond motifs is 1. The highest BCUT2D eigenvalue weighted by Crippen LogP contribution is 2.43. The molecule has 0 heterocycles. The molecular formula is C30H34. The summed E-state index contributed by atoms with van der Waals surface area (Å²) in [5.41, 5.74) is 12.6. The van der Waals surface area contributed by atoms with Crippen LogP contribution >= 0.6 is 0 Å². The molecule has 30 heavy (non-hydrogen) atoms. The first-order valence-corrected chi connectivity index (χ1v) is 11.1. The zero-order chi connectivity index (χ0) is 21.7. The average Bonchev–Trinajstić information content (AvgIpc) is 3.06. The van der Waals surface area contributed by atoms with Crippen molar-refractivity contribution in [1.82, 2.24) is 0 Å². The second-order valence-electron chi connectivity index (χ2n) is 10.9. The van der Waals surface area contributed by atoms with Gasteiger partial charge in [0, 0.05) is 0 Å². The van der Waals surface area contributed by atoms with Gasteiger partial charge in [-0.15, -0.1) is 0 Å². The molecule has 0 radical (unpaired) electrons. The molecule has 154 valence electrons. The lowest BCUT2D eigenvalue weighted by molar-refractivity contribution is 0.569. The van der Waals surface area contributed by atoms with Crippen LogP contribution in [0.4, 0.5) is 0 Å². The summed E-state index contributed by atoms with van der Waals surface area (Å²) >= 11 is 0.